The number of fused-ring (bicyclic) bond motifs is 1. The fraction of sp³-hybridized carbons (Fsp3) is 0.176. The molecule has 1 heterocycles. The van der Waals surface area contributed by atoms with Crippen molar-refractivity contribution in [2.45, 2.75) is 13.3 Å². The first-order valence-corrected chi connectivity index (χ1v) is 6.88. The molecular formula is C17H16N2O2. The Balaban J connectivity index is 1.86. The van der Waals surface area contributed by atoms with Crippen molar-refractivity contribution < 1.29 is 9.59 Å². The van der Waals surface area contributed by atoms with Crippen LogP contribution in [0.15, 0.2) is 48.5 Å². The third-order valence-corrected chi connectivity index (χ3v) is 3.51. The molecule has 0 unspecified atom stereocenters. The van der Waals surface area contributed by atoms with Gasteiger partial charge in [-0.1, -0.05) is 42.0 Å². The second kappa shape index (κ2) is 5.40. The SMILES string of the molecule is Cc1cccc(CC(=O)N2CC(=O)Nc3ccccc32)c1. The second-order valence-electron chi connectivity index (χ2n) is 5.21. The Morgan fingerprint density at radius 2 is 2.00 bits per heavy atom. The topological polar surface area (TPSA) is 49.4 Å². The van der Waals surface area contributed by atoms with Crippen LogP contribution in [0.5, 0.6) is 0 Å². The molecule has 2 aromatic rings. The normalized spacial score (nSPS) is 13.6. The molecule has 106 valence electrons. The lowest BCUT2D eigenvalue weighted by Gasteiger charge is -2.29. The van der Waals surface area contributed by atoms with Gasteiger partial charge in [-0.2, -0.15) is 0 Å². The summed E-state index contributed by atoms with van der Waals surface area (Å²) in [5.74, 6) is -0.228. The summed E-state index contributed by atoms with van der Waals surface area (Å²) in [5.41, 5.74) is 3.53. The first-order valence-electron chi connectivity index (χ1n) is 6.88. The average Bonchev–Trinajstić information content (AvgIpc) is 2.46. The standard InChI is InChI=1S/C17H16N2O2/c1-12-5-4-6-13(9-12)10-17(21)19-11-16(20)18-14-7-2-3-8-15(14)19/h2-9H,10-11H2,1H3,(H,18,20). The average molecular weight is 280 g/mol. The zero-order valence-corrected chi connectivity index (χ0v) is 11.8. The highest BCUT2D eigenvalue weighted by atomic mass is 16.2. The van der Waals surface area contributed by atoms with Crippen molar-refractivity contribution >= 4 is 23.2 Å². The maximum atomic E-state index is 12.5. The Kier molecular flexibility index (Phi) is 3.44. The van der Waals surface area contributed by atoms with Crippen LogP contribution in [0.1, 0.15) is 11.1 Å². The van der Waals surface area contributed by atoms with Crippen molar-refractivity contribution in [1.29, 1.82) is 0 Å². The highest BCUT2D eigenvalue weighted by Gasteiger charge is 2.26. The molecule has 0 saturated heterocycles. The molecule has 0 bridgehead atoms. The molecule has 1 aliphatic heterocycles. The third-order valence-electron chi connectivity index (χ3n) is 3.51. The monoisotopic (exact) mass is 280 g/mol. The van der Waals surface area contributed by atoms with Gasteiger partial charge in [0.25, 0.3) is 0 Å². The number of hydrogen-bond acceptors (Lipinski definition) is 2. The number of para-hydroxylation sites is 2. The zero-order valence-electron chi connectivity index (χ0n) is 11.8. The lowest BCUT2D eigenvalue weighted by atomic mass is 10.1. The minimum atomic E-state index is -0.161. The summed E-state index contributed by atoms with van der Waals surface area (Å²) in [6, 6.07) is 15.2. The van der Waals surface area contributed by atoms with Crippen molar-refractivity contribution in [3.05, 3.63) is 59.7 Å². The first kappa shape index (κ1) is 13.4. The smallest absolute Gasteiger partial charge is 0.244 e. The second-order valence-corrected chi connectivity index (χ2v) is 5.21. The maximum absolute atomic E-state index is 12.5. The Morgan fingerprint density at radius 3 is 2.81 bits per heavy atom. The molecule has 0 saturated carbocycles. The lowest BCUT2D eigenvalue weighted by Crippen LogP contribution is -2.42. The van der Waals surface area contributed by atoms with Crippen LogP contribution in [0.3, 0.4) is 0 Å². The molecule has 4 heteroatoms. The van der Waals surface area contributed by atoms with E-state index in [4.69, 9.17) is 0 Å². The van der Waals surface area contributed by atoms with Crippen LogP contribution in [0, 0.1) is 6.92 Å². The largest absolute Gasteiger partial charge is 0.323 e. The van der Waals surface area contributed by atoms with Crippen LogP contribution in [0.4, 0.5) is 11.4 Å². The van der Waals surface area contributed by atoms with Gasteiger partial charge < -0.3 is 10.2 Å². The van der Waals surface area contributed by atoms with E-state index < -0.39 is 0 Å². The van der Waals surface area contributed by atoms with Crippen LogP contribution in [0.25, 0.3) is 0 Å². The number of anilines is 2. The fourth-order valence-electron chi connectivity index (χ4n) is 2.55. The molecule has 0 aliphatic carbocycles. The molecule has 4 nitrogen and oxygen atoms in total. The van der Waals surface area contributed by atoms with E-state index in [1.807, 2.05) is 49.4 Å². The Labute approximate surface area is 123 Å². The number of nitrogens with one attached hydrogen (secondary N) is 1. The van der Waals surface area contributed by atoms with E-state index in [2.05, 4.69) is 5.32 Å². The summed E-state index contributed by atoms with van der Waals surface area (Å²) in [5, 5.41) is 2.78. The van der Waals surface area contributed by atoms with Gasteiger partial charge >= 0.3 is 0 Å². The number of carbonyl (C=O) groups is 2. The quantitative estimate of drug-likeness (QED) is 0.919. The van der Waals surface area contributed by atoms with Crippen molar-refractivity contribution in [1.82, 2.24) is 0 Å². The van der Waals surface area contributed by atoms with Crippen LogP contribution in [0.2, 0.25) is 0 Å². The fourth-order valence-corrected chi connectivity index (χ4v) is 2.55. The van der Waals surface area contributed by atoms with Gasteiger partial charge in [0, 0.05) is 0 Å². The predicted molar refractivity (Wildman–Crippen MR) is 82.3 cm³/mol. The summed E-state index contributed by atoms with van der Waals surface area (Å²) in [6.07, 6.45) is 0.295. The summed E-state index contributed by atoms with van der Waals surface area (Å²) < 4.78 is 0. The number of benzene rings is 2. The van der Waals surface area contributed by atoms with Crippen molar-refractivity contribution in [3.8, 4) is 0 Å². The molecule has 1 aliphatic rings. The minimum Gasteiger partial charge on any atom is -0.323 e. The number of aryl methyl sites for hydroxylation is 1. The molecule has 2 amide bonds. The number of nitrogens with zero attached hydrogens (tertiary/aromatic N) is 1. The highest BCUT2D eigenvalue weighted by Crippen LogP contribution is 2.29. The predicted octanol–water partition coefficient (Wildman–Crippen LogP) is 2.52. The molecule has 2 aromatic carbocycles. The number of hydrogen-bond donors (Lipinski definition) is 1. The van der Waals surface area contributed by atoms with E-state index in [1.54, 1.807) is 11.0 Å². The van der Waals surface area contributed by atoms with E-state index in [1.165, 1.54) is 0 Å². The molecule has 0 spiro atoms. The molecule has 0 fully saturated rings. The van der Waals surface area contributed by atoms with Gasteiger partial charge in [0.2, 0.25) is 11.8 Å². The van der Waals surface area contributed by atoms with Crippen molar-refractivity contribution in [2.75, 3.05) is 16.8 Å². The Hall–Kier alpha value is -2.62. The molecule has 0 radical (unpaired) electrons. The van der Waals surface area contributed by atoms with Gasteiger partial charge in [0.15, 0.2) is 0 Å². The van der Waals surface area contributed by atoms with E-state index >= 15 is 0 Å². The number of amides is 2. The van der Waals surface area contributed by atoms with Gasteiger partial charge in [0.05, 0.1) is 17.8 Å². The van der Waals surface area contributed by atoms with Crippen molar-refractivity contribution in [2.24, 2.45) is 0 Å². The van der Waals surface area contributed by atoms with E-state index in [0.29, 0.717) is 12.1 Å². The third kappa shape index (κ3) is 2.79. The van der Waals surface area contributed by atoms with Crippen LogP contribution in [-0.2, 0) is 16.0 Å². The zero-order chi connectivity index (χ0) is 14.8. The van der Waals surface area contributed by atoms with Crippen LogP contribution in [-0.4, -0.2) is 18.4 Å². The summed E-state index contributed by atoms with van der Waals surface area (Å²) in [6.45, 7) is 2.07. The first-order chi connectivity index (χ1) is 10.1. The number of carbonyl (C=O) groups excluding carboxylic acids is 2. The van der Waals surface area contributed by atoms with E-state index in [9.17, 15) is 9.59 Å². The molecule has 0 atom stereocenters. The summed E-state index contributed by atoms with van der Waals surface area (Å²) in [4.78, 5) is 25.8. The van der Waals surface area contributed by atoms with Crippen LogP contribution < -0.4 is 10.2 Å². The molecule has 1 N–H and O–H groups in total. The van der Waals surface area contributed by atoms with Crippen molar-refractivity contribution in [3.63, 3.8) is 0 Å². The van der Waals surface area contributed by atoms with E-state index in [-0.39, 0.29) is 18.4 Å². The Morgan fingerprint density at radius 1 is 1.19 bits per heavy atom. The molecule has 21 heavy (non-hydrogen) atoms. The lowest BCUT2D eigenvalue weighted by molar-refractivity contribution is -0.121. The summed E-state index contributed by atoms with van der Waals surface area (Å²) >= 11 is 0. The summed E-state index contributed by atoms with van der Waals surface area (Å²) in [7, 11) is 0. The van der Waals surface area contributed by atoms with Gasteiger partial charge in [-0.15, -0.1) is 0 Å². The van der Waals surface area contributed by atoms with E-state index in [0.717, 1.165) is 16.8 Å². The highest BCUT2D eigenvalue weighted by molar-refractivity contribution is 6.10. The Bertz CT molecular complexity index is 709. The van der Waals surface area contributed by atoms with Gasteiger partial charge in [-0.3, -0.25) is 9.59 Å². The molecular weight excluding hydrogens is 264 g/mol. The van der Waals surface area contributed by atoms with Crippen LogP contribution >= 0.6 is 0 Å². The minimum absolute atomic E-state index is 0.0668. The van der Waals surface area contributed by atoms with Gasteiger partial charge in [-0.25, -0.2) is 0 Å². The molecule has 3 rings (SSSR count). The number of rotatable bonds is 2. The van der Waals surface area contributed by atoms with Gasteiger partial charge in [0.1, 0.15) is 6.54 Å². The van der Waals surface area contributed by atoms with Gasteiger partial charge in [-0.05, 0) is 24.6 Å². The maximum Gasteiger partial charge on any atom is 0.244 e. The molecule has 0 aromatic heterocycles.